The summed E-state index contributed by atoms with van der Waals surface area (Å²) in [6.07, 6.45) is 4.47. The second-order valence-electron chi connectivity index (χ2n) is 6.25. The molecule has 0 atom stereocenters. The molecule has 0 spiro atoms. The van der Waals surface area contributed by atoms with Crippen molar-refractivity contribution in [2.75, 3.05) is 11.4 Å². The molecule has 2 nitrogen and oxygen atoms in total. The normalized spacial score (nSPS) is 13.8. The van der Waals surface area contributed by atoms with Crippen LogP contribution in [-0.2, 0) is 6.54 Å². The number of anilines is 1. The molecule has 0 saturated carbocycles. The van der Waals surface area contributed by atoms with Gasteiger partial charge in [-0.2, -0.15) is 4.57 Å². The monoisotopic (exact) mass is 454 g/mol. The van der Waals surface area contributed by atoms with E-state index in [0.29, 0.717) is 0 Å². The number of aromatic nitrogens is 1. The van der Waals surface area contributed by atoms with Gasteiger partial charge in [0.2, 0.25) is 5.69 Å². The van der Waals surface area contributed by atoms with Crippen LogP contribution in [0.2, 0.25) is 0 Å². The van der Waals surface area contributed by atoms with E-state index in [0.717, 1.165) is 13.1 Å². The molecule has 2 aromatic carbocycles. The molecule has 0 unspecified atom stereocenters. The summed E-state index contributed by atoms with van der Waals surface area (Å²) < 4.78 is 2.28. The second kappa shape index (κ2) is 8.04. The fraction of sp³-hybridized carbons (Fsp3) is 0.174. The molecule has 1 aliphatic heterocycles. The van der Waals surface area contributed by atoms with Crippen molar-refractivity contribution >= 4 is 17.5 Å². The Labute approximate surface area is 172 Å². The van der Waals surface area contributed by atoms with Crippen LogP contribution in [0.4, 0.5) is 5.69 Å². The number of hydrogen-bond donors (Lipinski definition) is 0. The summed E-state index contributed by atoms with van der Waals surface area (Å²) in [4.78, 5) is 2.42. The van der Waals surface area contributed by atoms with Crippen molar-refractivity contribution in [2.45, 2.75) is 20.4 Å². The first-order chi connectivity index (χ1) is 12.3. The minimum atomic E-state index is 0. The van der Waals surface area contributed by atoms with Gasteiger partial charge in [-0.15, -0.1) is 0 Å². The second-order valence-corrected chi connectivity index (χ2v) is 6.25. The molecule has 0 N–H and O–H groups in total. The van der Waals surface area contributed by atoms with E-state index < -0.39 is 0 Å². The zero-order valence-electron chi connectivity index (χ0n) is 15.2. The van der Waals surface area contributed by atoms with Crippen LogP contribution in [0.1, 0.15) is 25.1 Å². The molecule has 132 valence electrons. The average Bonchev–Trinajstić information content (AvgIpc) is 2.68. The van der Waals surface area contributed by atoms with Crippen LogP contribution >= 0.6 is 0 Å². The van der Waals surface area contributed by atoms with Crippen molar-refractivity contribution in [3.63, 3.8) is 0 Å². The molecule has 1 aromatic heterocycles. The standard InChI is InChI=1S/C23H23N2.HI/c1-3-24-16-10-9-11-18(24)17-23-21-14-6-5-12-19(21)20-13-7-8-15-22(20)25(23)4-2;/h5-17H,3-4H2,1-2H3;1H/q+1;/p-1. The molecule has 0 saturated heterocycles. The van der Waals surface area contributed by atoms with Crippen LogP contribution in [0.15, 0.2) is 72.9 Å². The Morgan fingerprint density at radius 2 is 1.46 bits per heavy atom. The van der Waals surface area contributed by atoms with Crippen LogP contribution in [0.5, 0.6) is 0 Å². The highest BCUT2D eigenvalue weighted by Crippen LogP contribution is 2.44. The number of aryl methyl sites for hydroxylation is 1. The number of nitrogens with zero attached hydrogens (tertiary/aromatic N) is 2. The predicted octanol–water partition coefficient (Wildman–Crippen LogP) is 2.00. The maximum Gasteiger partial charge on any atom is 0.207 e. The van der Waals surface area contributed by atoms with E-state index >= 15 is 0 Å². The number of fused-ring (bicyclic) bond motifs is 3. The first kappa shape index (κ1) is 18.6. The van der Waals surface area contributed by atoms with E-state index in [4.69, 9.17) is 0 Å². The molecule has 26 heavy (non-hydrogen) atoms. The van der Waals surface area contributed by atoms with Crippen LogP contribution in [0.25, 0.3) is 22.9 Å². The van der Waals surface area contributed by atoms with E-state index in [1.807, 2.05) is 0 Å². The van der Waals surface area contributed by atoms with Gasteiger partial charge in [0.15, 0.2) is 6.20 Å². The van der Waals surface area contributed by atoms with Crippen LogP contribution in [0.3, 0.4) is 0 Å². The molecular formula is C23H23IN2. The first-order valence-corrected chi connectivity index (χ1v) is 9.00. The molecule has 0 amide bonds. The number of rotatable bonds is 3. The Morgan fingerprint density at radius 3 is 2.19 bits per heavy atom. The minimum Gasteiger partial charge on any atom is -1.00 e. The van der Waals surface area contributed by atoms with E-state index in [2.05, 4.69) is 102 Å². The SMILES string of the molecule is CCN1/C(=C/c2cccc[n+]2CC)c2ccccc2-c2ccccc21.[I-]. The van der Waals surface area contributed by atoms with Gasteiger partial charge in [0.25, 0.3) is 0 Å². The Balaban J connectivity index is 0.00000196. The molecule has 0 fully saturated rings. The fourth-order valence-corrected chi connectivity index (χ4v) is 3.70. The van der Waals surface area contributed by atoms with Gasteiger partial charge in [-0.1, -0.05) is 42.5 Å². The van der Waals surface area contributed by atoms with Gasteiger partial charge in [0.1, 0.15) is 6.54 Å². The van der Waals surface area contributed by atoms with Crippen molar-refractivity contribution in [3.8, 4) is 11.1 Å². The average molecular weight is 454 g/mol. The summed E-state index contributed by atoms with van der Waals surface area (Å²) in [6, 6.07) is 23.8. The Morgan fingerprint density at radius 1 is 0.808 bits per heavy atom. The van der Waals surface area contributed by atoms with E-state index in [1.165, 1.54) is 33.8 Å². The molecule has 0 bridgehead atoms. The lowest BCUT2D eigenvalue weighted by molar-refractivity contribution is -0.695. The molecule has 3 heteroatoms. The van der Waals surface area contributed by atoms with Crippen molar-refractivity contribution in [3.05, 3.63) is 84.2 Å². The molecule has 1 aliphatic rings. The lowest BCUT2D eigenvalue weighted by Gasteiger charge is -2.34. The zero-order valence-corrected chi connectivity index (χ0v) is 17.3. The van der Waals surface area contributed by atoms with E-state index in [1.54, 1.807) is 0 Å². The van der Waals surface area contributed by atoms with Crippen molar-refractivity contribution in [1.29, 1.82) is 0 Å². The van der Waals surface area contributed by atoms with E-state index in [-0.39, 0.29) is 24.0 Å². The molecule has 4 rings (SSSR count). The quantitative estimate of drug-likeness (QED) is 0.434. The van der Waals surface area contributed by atoms with Crippen LogP contribution in [0, 0.1) is 0 Å². The minimum absolute atomic E-state index is 0. The highest BCUT2D eigenvalue weighted by molar-refractivity contribution is 6.02. The summed E-state index contributed by atoms with van der Waals surface area (Å²) in [5, 5.41) is 0. The topological polar surface area (TPSA) is 7.12 Å². The summed E-state index contributed by atoms with van der Waals surface area (Å²) in [5.41, 5.74) is 7.71. The van der Waals surface area contributed by atoms with Crippen LogP contribution in [-0.4, -0.2) is 6.54 Å². The summed E-state index contributed by atoms with van der Waals surface area (Å²) >= 11 is 0. The number of pyridine rings is 1. The van der Waals surface area contributed by atoms with Gasteiger partial charge in [-0.05, 0) is 31.5 Å². The Bertz CT molecular complexity index is 946. The molecule has 3 aromatic rings. The third kappa shape index (κ3) is 3.16. The molecule has 0 aliphatic carbocycles. The lowest BCUT2D eigenvalue weighted by atomic mass is 9.90. The number of hydrogen-bond acceptors (Lipinski definition) is 1. The number of para-hydroxylation sites is 1. The van der Waals surface area contributed by atoms with Gasteiger partial charge in [0, 0.05) is 41.6 Å². The molecule has 2 heterocycles. The lowest BCUT2D eigenvalue weighted by Crippen LogP contribution is -3.00. The fourth-order valence-electron chi connectivity index (χ4n) is 3.70. The largest absolute Gasteiger partial charge is 1.00 e. The predicted molar refractivity (Wildman–Crippen MR) is 105 cm³/mol. The van der Waals surface area contributed by atoms with E-state index in [9.17, 15) is 0 Å². The number of halogens is 1. The maximum atomic E-state index is 2.42. The summed E-state index contributed by atoms with van der Waals surface area (Å²) in [7, 11) is 0. The van der Waals surface area contributed by atoms with Gasteiger partial charge in [0.05, 0.1) is 5.70 Å². The summed E-state index contributed by atoms with van der Waals surface area (Å²) in [6.45, 7) is 6.31. The number of benzene rings is 2. The Kier molecular flexibility index (Phi) is 5.77. The molecule has 0 radical (unpaired) electrons. The Hall–Kier alpha value is -2.14. The highest BCUT2D eigenvalue weighted by atomic mass is 127. The van der Waals surface area contributed by atoms with Crippen molar-refractivity contribution < 1.29 is 28.5 Å². The first-order valence-electron chi connectivity index (χ1n) is 9.00. The van der Waals surface area contributed by atoms with Crippen molar-refractivity contribution in [2.24, 2.45) is 0 Å². The maximum absolute atomic E-state index is 2.42. The van der Waals surface area contributed by atoms with Gasteiger partial charge < -0.3 is 28.9 Å². The highest BCUT2D eigenvalue weighted by Gasteiger charge is 2.25. The summed E-state index contributed by atoms with van der Waals surface area (Å²) in [5.74, 6) is 0. The molecular weight excluding hydrogens is 431 g/mol. The van der Waals surface area contributed by atoms with Crippen molar-refractivity contribution in [1.82, 2.24) is 0 Å². The van der Waals surface area contributed by atoms with Gasteiger partial charge in [-0.25, -0.2) is 0 Å². The smallest absolute Gasteiger partial charge is 0.207 e. The van der Waals surface area contributed by atoms with Gasteiger partial charge in [-0.3, -0.25) is 0 Å². The van der Waals surface area contributed by atoms with Crippen LogP contribution < -0.4 is 33.4 Å². The van der Waals surface area contributed by atoms with Gasteiger partial charge >= 0.3 is 0 Å². The zero-order chi connectivity index (χ0) is 17.2. The third-order valence-corrected chi connectivity index (χ3v) is 4.90. The third-order valence-electron chi connectivity index (χ3n) is 4.90.